The number of nitrogens with zero attached hydrogens (tertiary/aromatic N) is 1. The molecule has 1 amide bonds. The predicted molar refractivity (Wildman–Crippen MR) is 97.6 cm³/mol. The van der Waals surface area contributed by atoms with Crippen LogP contribution in [0.3, 0.4) is 0 Å². The number of likely N-dealkylation sites (N-methyl/N-ethyl adjacent to an activating group) is 1. The van der Waals surface area contributed by atoms with Crippen molar-refractivity contribution in [3.63, 3.8) is 0 Å². The van der Waals surface area contributed by atoms with E-state index in [1.165, 1.54) is 6.26 Å². The Morgan fingerprint density at radius 3 is 2.64 bits per heavy atom. The Kier molecular flexibility index (Phi) is 7.25. The summed E-state index contributed by atoms with van der Waals surface area (Å²) in [6.07, 6.45) is 5.49. The van der Waals surface area contributed by atoms with Crippen LogP contribution in [0.25, 0.3) is 0 Å². The van der Waals surface area contributed by atoms with Gasteiger partial charge in [0.15, 0.2) is 9.84 Å². The van der Waals surface area contributed by atoms with Crippen LogP contribution in [0.4, 0.5) is 0 Å². The molecule has 1 atom stereocenters. The molecular formula is C18H28N2O4S. The highest BCUT2D eigenvalue weighted by molar-refractivity contribution is 7.90. The molecule has 0 aromatic heterocycles. The third kappa shape index (κ3) is 6.01. The molecule has 0 aliphatic carbocycles. The van der Waals surface area contributed by atoms with Crippen molar-refractivity contribution in [3.05, 3.63) is 24.3 Å². The van der Waals surface area contributed by atoms with Gasteiger partial charge in [0.25, 0.3) is 0 Å². The van der Waals surface area contributed by atoms with E-state index >= 15 is 0 Å². The lowest BCUT2D eigenvalue weighted by molar-refractivity contribution is -0.132. The highest BCUT2D eigenvalue weighted by Crippen LogP contribution is 2.19. The molecule has 2 rings (SSSR count). The zero-order valence-electron chi connectivity index (χ0n) is 15.0. The predicted octanol–water partition coefficient (Wildman–Crippen LogP) is 1.85. The van der Waals surface area contributed by atoms with Gasteiger partial charge in [-0.3, -0.25) is 4.79 Å². The normalized spacial score (nSPS) is 17.7. The summed E-state index contributed by atoms with van der Waals surface area (Å²) >= 11 is 0. The van der Waals surface area contributed by atoms with Crippen molar-refractivity contribution in [2.45, 2.75) is 43.0 Å². The quantitative estimate of drug-likeness (QED) is 0.673. The monoisotopic (exact) mass is 368 g/mol. The molecule has 1 unspecified atom stereocenters. The molecule has 140 valence electrons. The largest absolute Gasteiger partial charge is 0.494 e. The first kappa shape index (κ1) is 19.7. The zero-order chi connectivity index (χ0) is 18.3. The highest BCUT2D eigenvalue weighted by Gasteiger charge is 2.27. The van der Waals surface area contributed by atoms with Crippen molar-refractivity contribution in [2.75, 3.05) is 33.0 Å². The number of ether oxygens (including phenoxy) is 1. The van der Waals surface area contributed by atoms with E-state index < -0.39 is 9.84 Å². The van der Waals surface area contributed by atoms with E-state index in [-0.39, 0.29) is 10.8 Å². The van der Waals surface area contributed by atoms with E-state index in [2.05, 4.69) is 5.32 Å². The number of benzene rings is 1. The Balaban J connectivity index is 1.67. The Labute approximate surface area is 150 Å². The number of carbonyl (C=O) groups is 1. The number of carbonyl (C=O) groups excluding carboxylic acids is 1. The van der Waals surface area contributed by atoms with Gasteiger partial charge in [-0.05, 0) is 57.0 Å². The number of unbranched alkanes of at least 4 members (excludes halogenated alkanes) is 1. The lowest BCUT2D eigenvalue weighted by atomic mass is 10.2. The molecule has 0 saturated carbocycles. The summed E-state index contributed by atoms with van der Waals surface area (Å²) in [7, 11) is -1.26. The maximum absolute atomic E-state index is 12.3. The SMILES string of the molecule is CNCC1CCCN1C(=O)CCCCOc1ccc(S(C)(=O)=O)cc1. The standard InChI is InChI=1S/C18H28N2O4S/c1-19-14-15-6-5-12-20(15)18(21)7-3-4-13-24-16-8-10-17(11-9-16)25(2,22)23/h8-11,15,19H,3-7,12-14H2,1-2H3. The summed E-state index contributed by atoms with van der Waals surface area (Å²) in [5.74, 6) is 0.877. The van der Waals surface area contributed by atoms with Gasteiger partial charge in [-0.15, -0.1) is 0 Å². The van der Waals surface area contributed by atoms with Gasteiger partial charge < -0.3 is 15.0 Å². The van der Waals surface area contributed by atoms with Crippen molar-refractivity contribution >= 4 is 15.7 Å². The van der Waals surface area contributed by atoms with Gasteiger partial charge in [0.05, 0.1) is 11.5 Å². The summed E-state index contributed by atoms with van der Waals surface area (Å²) in [5, 5.41) is 3.15. The number of rotatable bonds is 9. The number of sulfone groups is 1. The first-order valence-electron chi connectivity index (χ1n) is 8.79. The molecule has 1 aromatic rings. The van der Waals surface area contributed by atoms with Crippen LogP contribution in [0.15, 0.2) is 29.2 Å². The van der Waals surface area contributed by atoms with Crippen LogP contribution in [0, 0.1) is 0 Å². The topological polar surface area (TPSA) is 75.7 Å². The summed E-state index contributed by atoms with van der Waals surface area (Å²) in [6, 6.07) is 6.75. The van der Waals surface area contributed by atoms with Crippen molar-refractivity contribution in [3.8, 4) is 5.75 Å². The molecule has 1 aromatic carbocycles. The second kappa shape index (κ2) is 9.20. The molecule has 1 heterocycles. The molecule has 0 bridgehead atoms. The third-order valence-corrected chi connectivity index (χ3v) is 5.57. The lowest BCUT2D eigenvalue weighted by Crippen LogP contribution is -2.40. The minimum absolute atomic E-state index is 0.232. The highest BCUT2D eigenvalue weighted by atomic mass is 32.2. The molecule has 1 saturated heterocycles. The second-order valence-corrected chi connectivity index (χ2v) is 8.51. The summed E-state index contributed by atoms with van der Waals surface area (Å²) in [5.41, 5.74) is 0. The fourth-order valence-corrected chi connectivity index (χ4v) is 3.74. The molecule has 6 nitrogen and oxygen atoms in total. The first-order chi connectivity index (χ1) is 11.9. The fourth-order valence-electron chi connectivity index (χ4n) is 3.11. The fraction of sp³-hybridized carbons (Fsp3) is 0.611. The molecular weight excluding hydrogens is 340 g/mol. The van der Waals surface area contributed by atoms with Crippen LogP contribution in [-0.2, 0) is 14.6 Å². The van der Waals surface area contributed by atoms with Crippen LogP contribution in [0.2, 0.25) is 0 Å². The number of hydrogen-bond donors (Lipinski definition) is 1. The van der Waals surface area contributed by atoms with E-state index in [1.54, 1.807) is 24.3 Å². The van der Waals surface area contributed by atoms with Crippen molar-refractivity contribution in [1.29, 1.82) is 0 Å². The number of hydrogen-bond acceptors (Lipinski definition) is 5. The van der Waals surface area contributed by atoms with Gasteiger partial charge in [0.2, 0.25) is 5.91 Å². The maximum Gasteiger partial charge on any atom is 0.222 e. The van der Waals surface area contributed by atoms with Crippen LogP contribution in [0.1, 0.15) is 32.1 Å². The van der Waals surface area contributed by atoms with Crippen LogP contribution < -0.4 is 10.1 Å². The zero-order valence-corrected chi connectivity index (χ0v) is 15.8. The first-order valence-corrected chi connectivity index (χ1v) is 10.7. The smallest absolute Gasteiger partial charge is 0.222 e. The Hall–Kier alpha value is -1.60. The van der Waals surface area contributed by atoms with E-state index in [0.717, 1.165) is 38.8 Å². The summed E-state index contributed by atoms with van der Waals surface area (Å²) in [6.45, 7) is 2.25. The molecule has 7 heteroatoms. The molecule has 25 heavy (non-hydrogen) atoms. The van der Waals surface area contributed by atoms with Crippen molar-refractivity contribution in [1.82, 2.24) is 10.2 Å². The number of amides is 1. The third-order valence-electron chi connectivity index (χ3n) is 4.44. The second-order valence-electron chi connectivity index (χ2n) is 6.49. The average Bonchev–Trinajstić information content (AvgIpc) is 3.03. The molecule has 0 spiro atoms. The number of likely N-dealkylation sites (tertiary alicyclic amines) is 1. The van der Waals surface area contributed by atoms with Gasteiger partial charge >= 0.3 is 0 Å². The Morgan fingerprint density at radius 1 is 1.28 bits per heavy atom. The van der Waals surface area contributed by atoms with Gasteiger partial charge in [0, 0.05) is 31.8 Å². The van der Waals surface area contributed by atoms with Crippen LogP contribution in [-0.4, -0.2) is 58.3 Å². The minimum atomic E-state index is -3.18. The van der Waals surface area contributed by atoms with E-state index in [4.69, 9.17) is 4.74 Å². The molecule has 0 radical (unpaired) electrons. The molecule has 1 N–H and O–H groups in total. The Morgan fingerprint density at radius 2 is 2.00 bits per heavy atom. The average molecular weight is 368 g/mol. The van der Waals surface area contributed by atoms with Gasteiger partial charge in [-0.25, -0.2) is 8.42 Å². The van der Waals surface area contributed by atoms with E-state index in [0.29, 0.717) is 24.8 Å². The van der Waals surface area contributed by atoms with E-state index in [9.17, 15) is 13.2 Å². The molecule has 1 aliphatic heterocycles. The maximum atomic E-state index is 12.3. The Bertz CT molecular complexity index is 658. The van der Waals surface area contributed by atoms with Gasteiger partial charge in [0.1, 0.15) is 5.75 Å². The molecule has 1 aliphatic rings. The molecule has 1 fully saturated rings. The summed E-state index contributed by atoms with van der Waals surface area (Å²) < 4.78 is 28.4. The van der Waals surface area contributed by atoms with Gasteiger partial charge in [-0.2, -0.15) is 0 Å². The lowest BCUT2D eigenvalue weighted by Gasteiger charge is -2.24. The van der Waals surface area contributed by atoms with Crippen LogP contribution >= 0.6 is 0 Å². The van der Waals surface area contributed by atoms with Crippen molar-refractivity contribution < 1.29 is 17.9 Å². The van der Waals surface area contributed by atoms with Crippen LogP contribution in [0.5, 0.6) is 5.75 Å². The number of nitrogens with one attached hydrogen (secondary N) is 1. The minimum Gasteiger partial charge on any atom is -0.494 e. The van der Waals surface area contributed by atoms with E-state index in [1.807, 2.05) is 11.9 Å². The van der Waals surface area contributed by atoms with Crippen molar-refractivity contribution in [2.24, 2.45) is 0 Å². The summed E-state index contributed by atoms with van der Waals surface area (Å²) in [4.78, 5) is 14.6. The van der Waals surface area contributed by atoms with Gasteiger partial charge in [-0.1, -0.05) is 0 Å².